The van der Waals surface area contributed by atoms with Gasteiger partial charge in [0.25, 0.3) is 11.5 Å². The van der Waals surface area contributed by atoms with Crippen LogP contribution in [-0.2, 0) is 11.3 Å². The van der Waals surface area contributed by atoms with Crippen molar-refractivity contribution in [2.24, 2.45) is 0 Å². The van der Waals surface area contributed by atoms with E-state index in [1.54, 1.807) is 49.6 Å². The molecule has 0 atom stereocenters. The van der Waals surface area contributed by atoms with Crippen LogP contribution in [0, 0.1) is 5.82 Å². The summed E-state index contributed by atoms with van der Waals surface area (Å²) in [5, 5.41) is 4.39. The molecule has 10 heteroatoms. The Hall–Kier alpha value is -3.89. The number of ether oxygens (including phenoxy) is 1. The van der Waals surface area contributed by atoms with Crippen LogP contribution in [0.15, 0.2) is 76.0 Å². The highest BCUT2D eigenvalue weighted by atomic mass is 79.9. The van der Waals surface area contributed by atoms with Gasteiger partial charge in [0.05, 0.1) is 24.9 Å². The zero-order valence-electron chi connectivity index (χ0n) is 18.7. The number of carbonyl (C=O) groups is 1. The Morgan fingerprint density at radius 3 is 2.56 bits per heavy atom. The standard InChI is InChI=1S/C26H16BrFN4O3S/c1-35-17-9-6-14(7-10-17)23-29-26-32(30-23)25(34)22(36-26)21-18-12-16(27)8-11-20(18)31(24(21)33)13-15-4-2-3-5-19(15)28/h2-12H,13H2,1H3/b22-21-. The van der Waals surface area contributed by atoms with Gasteiger partial charge in [-0.3, -0.25) is 9.59 Å². The maximum Gasteiger partial charge on any atom is 0.291 e. The fourth-order valence-corrected chi connectivity index (χ4v) is 5.58. The SMILES string of the molecule is COc1ccc(-c2nc3s/c(=C4\C(=O)N(Cc5ccccc5F)c5ccc(Br)cc54)c(=O)n3n2)cc1. The van der Waals surface area contributed by atoms with Gasteiger partial charge in [-0.25, -0.2) is 4.39 Å². The Bertz CT molecular complexity index is 1780. The van der Waals surface area contributed by atoms with Crippen molar-refractivity contribution in [3.63, 3.8) is 0 Å². The molecule has 178 valence electrons. The number of nitrogens with zero attached hydrogens (tertiary/aromatic N) is 4. The van der Waals surface area contributed by atoms with Gasteiger partial charge in [-0.05, 0) is 48.5 Å². The van der Waals surface area contributed by atoms with Crippen molar-refractivity contribution in [3.05, 3.63) is 103 Å². The summed E-state index contributed by atoms with van der Waals surface area (Å²) in [6.45, 7) is 0.0419. The van der Waals surface area contributed by atoms with Gasteiger partial charge in [0, 0.05) is 21.2 Å². The molecule has 0 N–H and O–H groups in total. The number of anilines is 1. The van der Waals surface area contributed by atoms with Crippen LogP contribution in [0.25, 0.3) is 21.9 Å². The van der Waals surface area contributed by atoms with E-state index in [-0.39, 0.29) is 22.6 Å². The first-order chi connectivity index (χ1) is 17.4. The van der Waals surface area contributed by atoms with Crippen LogP contribution in [0.4, 0.5) is 10.1 Å². The van der Waals surface area contributed by atoms with E-state index in [4.69, 9.17) is 4.74 Å². The molecule has 0 radical (unpaired) electrons. The highest BCUT2D eigenvalue weighted by Gasteiger charge is 2.35. The van der Waals surface area contributed by atoms with Crippen molar-refractivity contribution in [2.45, 2.75) is 6.54 Å². The number of amides is 1. The molecule has 6 rings (SSSR count). The van der Waals surface area contributed by atoms with Crippen molar-refractivity contribution >= 4 is 49.4 Å². The predicted molar refractivity (Wildman–Crippen MR) is 139 cm³/mol. The number of thiazole rings is 1. The largest absolute Gasteiger partial charge is 0.497 e. The molecule has 0 fully saturated rings. The first kappa shape index (κ1) is 22.6. The van der Waals surface area contributed by atoms with E-state index < -0.39 is 11.4 Å². The number of hydrogen-bond acceptors (Lipinski definition) is 6. The fraction of sp³-hybridized carbons (Fsp3) is 0.0769. The summed E-state index contributed by atoms with van der Waals surface area (Å²) in [5.41, 5.74) is 2.17. The molecule has 0 saturated heterocycles. The zero-order chi connectivity index (χ0) is 25.0. The third kappa shape index (κ3) is 3.61. The van der Waals surface area contributed by atoms with E-state index in [1.807, 2.05) is 18.2 Å². The first-order valence-electron chi connectivity index (χ1n) is 10.9. The minimum Gasteiger partial charge on any atom is -0.497 e. The molecule has 1 amide bonds. The van der Waals surface area contributed by atoms with E-state index in [0.29, 0.717) is 33.3 Å². The number of carbonyl (C=O) groups excluding carboxylic acids is 1. The van der Waals surface area contributed by atoms with Crippen LogP contribution >= 0.6 is 27.3 Å². The van der Waals surface area contributed by atoms with Gasteiger partial charge < -0.3 is 9.64 Å². The molecule has 3 heterocycles. The molecular formula is C26H16BrFN4O3S. The lowest BCUT2D eigenvalue weighted by atomic mass is 10.1. The summed E-state index contributed by atoms with van der Waals surface area (Å²) in [7, 11) is 1.58. The second-order valence-electron chi connectivity index (χ2n) is 8.11. The number of methoxy groups -OCH3 is 1. The van der Waals surface area contributed by atoms with E-state index in [0.717, 1.165) is 21.4 Å². The van der Waals surface area contributed by atoms with Crippen LogP contribution in [0.2, 0.25) is 0 Å². The number of fused-ring (bicyclic) bond motifs is 2. The van der Waals surface area contributed by atoms with Crippen LogP contribution < -0.4 is 19.7 Å². The van der Waals surface area contributed by atoms with Crippen molar-refractivity contribution in [3.8, 4) is 17.1 Å². The molecule has 0 aliphatic carbocycles. The average molecular weight is 563 g/mol. The predicted octanol–water partition coefficient (Wildman–Crippen LogP) is 4.19. The van der Waals surface area contributed by atoms with E-state index in [1.165, 1.54) is 15.5 Å². The van der Waals surface area contributed by atoms with Crippen molar-refractivity contribution in [2.75, 3.05) is 12.0 Å². The van der Waals surface area contributed by atoms with Crippen LogP contribution in [-0.4, -0.2) is 27.6 Å². The molecule has 0 bridgehead atoms. The Morgan fingerprint density at radius 2 is 1.83 bits per heavy atom. The normalized spacial score (nSPS) is 14.5. The highest BCUT2D eigenvalue weighted by molar-refractivity contribution is 9.10. The van der Waals surface area contributed by atoms with E-state index in [2.05, 4.69) is 26.0 Å². The topological polar surface area (TPSA) is 76.8 Å². The van der Waals surface area contributed by atoms with Gasteiger partial charge >= 0.3 is 0 Å². The number of benzene rings is 3. The minimum absolute atomic E-state index is 0.0419. The number of rotatable bonds is 4. The van der Waals surface area contributed by atoms with Crippen molar-refractivity contribution in [1.82, 2.24) is 14.6 Å². The highest BCUT2D eigenvalue weighted by Crippen LogP contribution is 2.38. The molecule has 0 saturated carbocycles. The Labute approximate surface area is 216 Å². The van der Waals surface area contributed by atoms with Gasteiger partial charge in [-0.2, -0.15) is 9.50 Å². The third-order valence-corrected chi connectivity index (χ3v) is 7.52. The molecule has 3 aromatic carbocycles. The molecule has 2 aromatic heterocycles. The van der Waals surface area contributed by atoms with Gasteiger partial charge in [-0.1, -0.05) is 45.5 Å². The second kappa shape index (κ2) is 8.65. The smallest absolute Gasteiger partial charge is 0.291 e. The molecule has 0 spiro atoms. The molecule has 0 unspecified atom stereocenters. The molecule has 5 aromatic rings. The van der Waals surface area contributed by atoms with Crippen LogP contribution in [0.1, 0.15) is 11.1 Å². The third-order valence-electron chi connectivity index (χ3n) is 6.00. The zero-order valence-corrected chi connectivity index (χ0v) is 21.1. The maximum atomic E-state index is 14.4. The summed E-state index contributed by atoms with van der Waals surface area (Å²) in [6.07, 6.45) is 0. The van der Waals surface area contributed by atoms with E-state index >= 15 is 0 Å². The lowest BCUT2D eigenvalue weighted by Gasteiger charge is -2.17. The van der Waals surface area contributed by atoms with Crippen LogP contribution in [0.3, 0.4) is 0 Å². The van der Waals surface area contributed by atoms with Crippen LogP contribution in [0.5, 0.6) is 5.75 Å². The summed E-state index contributed by atoms with van der Waals surface area (Å²) in [5.74, 6) is 0.335. The molecule has 36 heavy (non-hydrogen) atoms. The van der Waals surface area contributed by atoms with Crippen molar-refractivity contribution in [1.29, 1.82) is 0 Å². The summed E-state index contributed by atoms with van der Waals surface area (Å²) in [6, 6.07) is 18.9. The Balaban J connectivity index is 1.49. The number of halogens is 2. The maximum absolute atomic E-state index is 14.4. The molecular weight excluding hydrogens is 547 g/mol. The molecule has 1 aliphatic rings. The lowest BCUT2D eigenvalue weighted by Crippen LogP contribution is -2.32. The second-order valence-corrected chi connectivity index (χ2v) is 10.0. The lowest BCUT2D eigenvalue weighted by molar-refractivity contribution is -0.113. The van der Waals surface area contributed by atoms with E-state index in [9.17, 15) is 14.0 Å². The monoisotopic (exact) mass is 562 g/mol. The summed E-state index contributed by atoms with van der Waals surface area (Å²) < 4.78 is 21.8. The number of hydrogen-bond donors (Lipinski definition) is 0. The quantitative estimate of drug-likeness (QED) is 0.328. The van der Waals surface area contributed by atoms with Gasteiger partial charge in [0.2, 0.25) is 4.96 Å². The number of aromatic nitrogens is 3. The molecule has 7 nitrogen and oxygen atoms in total. The minimum atomic E-state index is -0.427. The summed E-state index contributed by atoms with van der Waals surface area (Å²) in [4.78, 5) is 33.4. The Kier molecular flexibility index (Phi) is 5.42. The van der Waals surface area contributed by atoms with Gasteiger partial charge in [-0.15, -0.1) is 5.10 Å². The van der Waals surface area contributed by atoms with Gasteiger partial charge in [0.15, 0.2) is 5.82 Å². The first-order valence-corrected chi connectivity index (χ1v) is 12.5. The van der Waals surface area contributed by atoms with Gasteiger partial charge in [0.1, 0.15) is 16.1 Å². The molecule has 1 aliphatic heterocycles. The average Bonchev–Trinajstić information content (AvgIpc) is 3.51. The van der Waals surface area contributed by atoms with Crippen molar-refractivity contribution < 1.29 is 13.9 Å². The summed E-state index contributed by atoms with van der Waals surface area (Å²) >= 11 is 4.57. The fourth-order valence-electron chi connectivity index (χ4n) is 4.22. The Morgan fingerprint density at radius 1 is 1.06 bits per heavy atom.